The minimum atomic E-state index is 0.359. The van der Waals surface area contributed by atoms with E-state index in [2.05, 4.69) is 10.2 Å². The van der Waals surface area contributed by atoms with Crippen LogP contribution in [-0.4, -0.2) is 11.9 Å². The smallest absolute Gasteiger partial charge is 0.0704 e. The molecule has 0 aromatic carbocycles. The van der Waals surface area contributed by atoms with Crippen molar-refractivity contribution in [3.8, 4) is 0 Å². The third kappa shape index (κ3) is 1.09. The Kier molecular flexibility index (Phi) is 1.35. The van der Waals surface area contributed by atoms with Gasteiger partial charge in [0.2, 0.25) is 0 Å². The van der Waals surface area contributed by atoms with Gasteiger partial charge in [-0.3, -0.25) is 0 Å². The first-order valence-electron chi connectivity index (χ1n) is 3.61. The molecule has 0 saturated carbocycles. The fourth-order valence-corrected chi connectivity index (χ4v) is 1.24. The Morgan fingerprint density at radius 2 is 2.36 bits per heavy atom. The van der Waals surface area contributed by atoms with Crippen LogP contribution in [0.3, 0.4) is 0 Å². The van der Waals surface area contributed by atoms with Crippen molar-refractivity contribution in [3.05, 3.63) is 23.9 Å². The van der Waals surface area contributed by atoms with Crippen molar-refractivity contribution in [2.24, 2.45) is 21.9 Å². The molecule has 0 fully saturated rings. The van der Waals surface area contributed by atoms with E-state index >= 15 is 0 Å². The highest BCUT2D eigenvalue weighted by Crippen LogP contribution is 2.17. The molecule has 56 valence electrons. The Morgan fingerprint density at radius 3 is 3.27 bits per heavy atom. The van der Waals surface area contributed by atoms with Crippen LogP contribution in [0.4, 0.5) is 0 Å². The van der Waals surface area contributed by atoms with Crippen LogP contribution in [0.5, 0.6) is 0 Å². The molecule has 1 unspecified atom stereocenters. The first-order valence-corrected chi connectivity index (χ1v) is 3.61. The molecule has 2 N–H and O–H groups in total. The van der Waals surface area contributed by atoms with Crippen molar-refractivity contribution >= 4 is 11.9 Å². The van der Waals surface area contributed by atoms with Crippen molar-refractivity contribution < 1.29 is 0 Å². The molecule has 2 aliphatic rings. The number of allylic oxidation sites excluding steroid dienone is 3. The van der Waals surface area contributed by atoms with E-state index in [9.17, 15) is 0 Å². The lowest BCUT2D eigenvalue weighted by molar-refractivity contribution is 0.875. The Balaban J connectivity index is 2.33. The molecule has 1 heterocycles. The van der Waals surface area contributed by atoms with Gasteiger partial charge < -0.3 is 5.73 Å². The van der Waals surface area contributed by atoms with Crippen molar-refractivity contribution in [2.75, 3.05) is 0 Å². The van der Waals surface area contributed by atoms with Crippen molar-refractivity contribution in [1.82, 2.24) is 0 Å². The molecular weight excluding hydrogens is 138 g/mol. The quantitative estimate of drug-likeness (QED) is 0.542. The molecular formula is C8H9N3. The zero-order chi connectivity index (χ0) is 7.68. The Labute approximate surface area is 65.0 Å². The second kappa shape index (κ2) is 2.34. The average Bonchev–Trinajstić information content (AvgIpc) is 2.04. The number of hydrogen-bond acceptors (Lipinski definition) is 3. The van der Waals surface area contributed by atoms with Gasteiger partial charge in [0.15, 0.2) is 0 Å². The second-order valence-corrected chi connectivity index (χ2v) is 2.67. The maximum absolute atomic E-state index is 5.62. The van der Waals surface area contributed by atoms with Crippen molar-refractivity contribution in [3.63, 3.8) is 0 Å². The Morgan fingerprint density at radius 1 is 1.45 bits per heavy atom. The lowest BCUT2D eigenvalue weighted by atomic mass is 9.94. The van der Waals surface area contributed by atoms with Crippen LogP contribution in [0.15, 0.2) is 34.1 Å². The van der Waals surface area contributed by atoms with Gasteiger partial charge in [0, 0.05) is 17.8 Å². The molecule has 1 aliphatic carbocycles. The lowest BCUT2D eigenvalue weighted by Gasteiger charge is -2.16. The van der Waals surface area contributed by atoms with E-state index < -0.39 is 0 Å². The highest BCUT2D eigenvalue weighted by Gasteiger charge is 2.16. The van der Waals surface area contributed by atoms with Crippen LogP contribution < -0.4 is 5.73 Å². The first-order chi connectivity index (χ1) is 5.36. The highest BCUT2D eigenvalue weighted by molar-refractivity contribution is 6.01. The number of rotatable bonds is 0. The van der Waals surface area contributed by atoms with E-state index in [-0.39, 0.29) is 0 Å². The number of hydrogen-bond donors (Lipinski definition) is 1. The molecule has 3 heteroatoms. The standard InChI is InChI=1S/C8H9N3/c9-7-1-2-8-6(5-7)3-4-10-11-8/h1-2,4-6H,3,9H2. The number of nitrogens with two attached hydrogens (primary N) is 1. The van der Waals surface area contributed by atoms with Gasteiger partial charge in [-0.15, -0.1) is 0 Å². The fraction of sp³-hybridized carbons (Fsp3) is 0.250. The topological polar surface area (TPSA) is 50.7 Å². The van der Waals surface area contributed by atoms with E-state index in [1.165, 1.54) is 0 Å². The van der Waals surface area contributed by atoms with Crippen LogP contribution in [0.25, 0.3) is 0 Å². The molecule has 2 rings (SSSR count). The summed E-state index contributed by atoms with van der Waals surface area (Å²) in [5.74, 6) is 0.359. The minimum absolute atomic E-state index is 0.359. The monoisotopic (exact) mass is 147 g/mol. The first kappa shape index (κ1) is 6.34. The van der Waals surface area contributed by atoms with Gasteiger partial charge in [-0.25, -0.2) is 0 Å². The van der Waals surface area contributed by atoms with Gasteiger partial charge in [0.25, 0.3) is 0 Å². The summed E-state index contributed by atoms with van der Waals surface area (Å²) in [5.41, 5.74) is 7.46. The van der Waals surface area contributed by atoms with Crippen molar-refractivity contribution in [2.45, 2.75) is 6.42 Å². The largest absolute Gasteiger partial charge is 0.399 e. The SMILES string of the molecule is NC1=CC2CC=NN=C2C=C1. The van der Waals surface area contributed by atoms with E-state index in [4.69, 9.17) is 5.73 Å². The Hall–Kier alpha value is -1.38. The highest BCUT2D eigenvalue weighted by atomic mass is 15.2. The van der Waals surface area contributed by atoms with Crippen LogP contribution >= 0.6 is 0 Å². The molecule has 1 atom stereocenters. The lowest BCUT2D eigenvalue weighted by Crippen LogP contribution is -2.18. The summed E-state index contributed by atoms with van der Waals surface area (Å²) in [4.78, 5) is 0. The average molecular weight is 147 g/mol. The second-order valence-electron chi connectivity index (χ2n) is 2.67. The zero-order valence-electron chi connectivity index (χ0n) is 6.07. The molecule has 0 radical (unpaired) electrons. The molecule has 0 amide bonds. The summed E-state index contributed by atoms with van der Waals surface area (Å²) >= 11 is 0. The fourth-order valence-electron chi connectivity index (χ4n) is 1.24. The molecule has 0 aromatic heterocycles. The molecule has 0 saturated heterocycles. The van der Waals surface area contributed by atoms with Crippen LogP contribution in [0.2, 0.25) is 0 Å². The van der Waals surface area contributed by atoms with Crippen molar-refractivity contribution in [1.29, 1.82) is 0 Å². The van der Waals surface area contributed by atoms with Crippen LogP contribution in [-0.2, 0) is 0 Å². The van der Waals surface area contributed by atoms with Gasteiger partial charge >= 0.3 is 0 Å². The molecule has 11 heavy (non-hydrogen) atoms. The predicted octanol–water partition coefficient (Wildman–Crippen LogP) is 0.846. The Bertz CT molecular complexity index is 284. The number of fused-ring (bicyclic) bond motifs is 1. The predicted molar refractivity (Wildman–Crippen MR) is 45.4 cm³/mol. The summed E-state index contributed by atoms with van der Waals surface area (Å²) in [6, 6.07) is 0. The van der Waals surface area contributed by atoms with Crippen LogP contribution in [0, 0.1) is 5.92 Å². The zero-order valence-corrected chi connectivity index (χ0v) is 6.07. The van der Waals surface area contributed by atoms with Gasteiger partial charge in [0.1, 0.15) is 0 Å². The van der Waals surface area contributed by atoms with Crippen LogP contribution in [0.1, 0.15) is 6.42 Å². The van der Waals surface area contributed by atoms with E-state index in [0.29, 0.717) is 5.92 Å². The summed E-state index contributed by atoms with van der Waals surface area (Å²) in [6.45, 7) is 0. The molecule has 1 aliphatic heterocycles. The molecule has 0 aromatic rings. The maximum Gasteiger partial charge on any atom is 0.0704 e. The van der Waals surface area contributed by atoms with E-state index in [0.717, 1.165) is 17.8 Å². The van der Waals surface area contributed by atoms with E-state index in [1.807, 2.05) is 24.4 Å². The summed E-state index contributed by atoms with van der Waals surface area (Å²) in [6.07, 6.45) is 8.54. The molecule has 0 spiro atoms. The summed E-state index contributed by atoms with van der Waals surface area (Å²) in [7, 11) is 0. The van der Waals surface area contributed by atoms with Gasteiger partial charge in [-0.05, 0) is 18.6 Å². The third-order valence-electron chi connectivity index (χ3n) is 1.83. The molecule has 0 bridgehead atoms. The maximum atomic E-state index is 5.62. The third-order valence-corrected chi connectivity index (χ3v) is 1.83. The normalized spacial score (nSPS) is 27.5. The summed E-state index contributed by atoms with van der Waals surface area (Å²) in [5, 5.41) is 7.81. The van der Waals surface area contributed by atoms with E-state index in [1.54, 1.807) is 0 Å². The van der Waals surface area contributed by atoms with Gasteiger partial charge in [0.05, 0.1) is 5.71 Å². The van der Waals surface area contributed by atoms with Gasteiger partial charge in [-0.1, -0.05) is 6.08 Å². The minimum Gasteiger partial charge on any atom is -0.399 e. The molecule has 3 nitrogen and oxygen atoms in total. The number of nitrogens with zero attached hydrogens (tertiary/aromatic N) is 2. The summed E-state index contributed by atoms with van der Waals surface area (Å²) < 4.78 is 0. The van der Waals surface area contributed by atoms with Gasteiger partial charge in [-0.2, -0.15) is 10.2 Å².